The minimum absolute atomic E-state index is 0.0256. The van der Waals surface area contributed by atoms with Gasteiger partial charge in [-0.15, -0.1) is 0 Å². The van der Waals surface area contributed by atoms with Gasteiger partial charge in [-0.2, -0.15) is 0 Å². The van der Waals surface area contributed by atoms with Crippen LogP contribution >= 0.6 is 0 Å². The maximum absolute atomic E-state index is 11.8. The summed E-state index contributed by atoms with van der Waals surface area (Å²) in [6.07, 6.45) is -0.172. The van der Waals surface area contributed by atoms with Crippen LogP contribution in [-0.2, 0) is 14.4 Å². The van der Waals surface area contributed by atoms with Crippen LogP contribution in [0.5, 0.6) is 0 Å². The molecule has 122 valence electrons. The SMILES string of the molecule is CC(C)[C@H](N)C(=O)NCC(=O)NC(CC(=O)O)C(C)(C)C. The van der Waals surface area contributed by atoms with Crippen LogP contribution in [0.4, 0.5) is 0 Å². The summed E-state index contributed by atoms with van der Waals surface area (Å²) in [4.78, 5) is 34.3. The Morgan fingerprint density at radius 2 is 1.71 bits per heavy atom. The van der Waals surface area contributed by atoms with E-state index in [9.17, 15) is 14.4 Å². The summed E-state index contributed by atoms with van der Waals surface area (Å²) in [7, 11) is 0. The average Bonchev–Trinajstić information content (AvgIpc) is 2.32. The van der Waals surface area contributed by atoms with Crippen molar-refractivity contribution in [2.45, 2.75) is 53.1 Å². The van der Waals surface area contributed by atoms with E-state index in [-0.39, 0.29) is 18.9 Å². The normalized spacial score (nSPS) is 14.4. The van der Waals surface area contributed by atoms with Crippen molar-refractivity contribution in [3.8, 4) is 0 Å². The van der Waals surface area contributed by atoms with Crippen LogP contribution in [0.15, 0.2) is 0 Å². The molecule has 0 heterocycles. The highest BCUT2D eigenvalue weighted by molar-refractivity contribution is 5.87. The van der Waals surface area contributed by atoms with E-state index in [1.807, 2.05) is 34.6 Å². The van der Waals surface area contributed by atoms with E-state index in [1.165, 1.54) is 0 Å². The van der Waals surface area contributed by atoms with Gasteiger partial charge >= 0.3 is 5.97 Å². The Hall–Kier alpha value is -1.63. The highest BCUT2D eigenvalue weighted by Crippen LogP contribution is 2.21. The standard InChI is InChI=1S/C14H27N3O4/c1-8(2)12(15)13(21)16-7-10(18)17-9(6-11(19)20)14(3,4)5/h8-9,12H,6-7,15H2,1-5H3,(H,16,21)(H,17,18)(H,19,20)/t9?,12-/m0/s1. The van der Waals surface area contributed by atoms with E-state index in [1.54, 1.807) is 0 Å². The van der Waals surface area contributed by atoms with Crippen molar-refractivity contribution in [1.82, 2.24) is 10.6 Å². The van der Waals surface area contributed by atoms with Gasteiger partial charge in [-0.05, 0) is 11.3 Å². The Labute approximate surface area is 125 Å². The second-order valence-corrected chi connectivity index (χ2v) is 6.57. The monoisotopic (exact) mass is 301 g/mol. The van der Waals surface area contributed by atoms with E-state index < -0.39 is 35.3 Å². The van der Waals surface area contributed by atoms with Crippen molar-refractivity contribution in [1.29, 1.82) is 0 Å². The molecule has 5 N–H and O–H groups in total. The molecule has 0 aromatic rings. The van der Waals surface area contributed by atoms with Crippen LogP contribution in [0.3, 0.4) is 0 Å². The van der Waals surface area contributed by atoms with Crippen molar-refractivity contribution in [2.24, 2.45) is 17.1 Å². The summed E-state index contributed by atoms with van der Waals surface area (Å²) in [5, 5.41) is 14.0. The number of aliphatic carboxylic acids is 1. The number of rotatable bonds is 7. The zero-order valence-electron chi connectivity index (χ0n) is 13.4. The van der Waals surface area contributed by atoms with Gasteiger partial charge in [0.1, 0.15) is 0 Å². The first kappa shape index (κ1) is 19.4. The first-order valence-electron chi connectivity index (χ1n) is 6.99. The predicted molar refractivity (Wildman–Crippen MR) is 79.5 cm³/mol. The molecular weight excluding hydrogens is 274 g/mol. The molecule has 0 aliphatic heterocycles. The van der Waals surface area contributed by atoms with Gasteiger partial charge in [-0.25, -0.2) is 0 Å². The summed E-state index contributed by atoms with van der Waals surface area (Å²) >= 11 is 0. The fraction of sp³-hybridized carbons (Fsp3) is 0.786. The lowest BCUT2D eigenvalue weighted by molar-refractivity contribution is -0.138. The molecule has 0 spiro atoms. The molecule has 0 saturated carbocycles. The molecular formula is C14H27N3O4. The number of nitrogens with one attached hydrogen (secondary N) is 2. The number of carbonyl (C=O) groups is 3. The van der Waals surface area contributed by atoms with Gasteiger partial charge < -0.3 is 21.5 Å². The van der Waals surface area contributed by atoms with Gasteiger partial charge in [0.05, 0.1) is 19.0 Å². The molecule has 7 nitrogen and oxygen atoms in total. The molecule has 0 radical (unpaired) electrons. The summed E-state index contributed by atoms with van der Waals surface area (Å²) in [6, 6.07) is -1.19. The van der Waals surface area contributed by atoms with Crippen LogP contribution in [0.1, 0.15) is 41.0 Å². The number of amides is 2. The van der Waals surface area contributed by atoms with Crippen LogP contribution in [0.2, 0.25) is 0 Å². The average molecular weight is 301 g/mol. The molecule has 0 aliphatic carbocycles. The minimum atomic E-state index is -0.985. The summed E-state index contributed by atoms with van der Waals surface area (Å²) < 4.78 is 0. The summed E-state index contributed by atoms with van der Waals surface area (Å²) in [6.45, 7) is 8.93. The van der Waals surface area contributed by atoms with Gasteiger partial charge in [-0.1, -0.05) is 34.6 Å². The predicted octanol–water partition coefficient (Wildman–Crippen LogP) is 0.0915. The first-order valence-corrected chi connectivity index (χ1v) is 6.99. The maximum Gasteiger partial charge on any atom is 0.305 e. The zero-order valence-corrected chi connectivity index (χ0v) is 13.4. The fourth-order valence-corrected chi connectivity index (χ4v) is 1.58. The van der Waals surface area contributed by atoms with Gasteiger partial charge in [-0.3, -0.25) is 14.4 Å². The van der Waals surface area contributed by atoms with E-state index in [0.717, 1.165) is 0 Å². The molecule has 0 saturated heterocycles. The molecule has 7 heteroatoms. The molecule has 2 amide bonds. The molecule has 21 heavy (non-hydrogen) atoms. The fourth-order valence-electron chi connectivity index (χ4n) is 1.58. The second kappa shape index (κ2) is 7.97. The Bertz CT molecular complexity index is 388. The molecule has 0 aliphatic rings. The number of hydrogen-bond donors (Lipinski definition) is 4. The minimum Gasteiger partial charge on any atom is -0.481 e. The number of hydrogen-bond acceptors (Lipinski definition) is 4. The third-order valence-corrected chi connectivity index (χ3v) is 3.20. The summed E-state index contributed by atoms with van der Waals surface area (Å²) in [5.74, 6) is -1.84. The van der Waals surface area contributed by atoms with Gasteiger partial charge in [0.25, 0.3) is 0 Å². The lowest BCUT2D eigenvalue weighted by Crippen LogP contribution is -2.51. The van der Waals surface area contributed by atoms with Crippen molar-refractivity contribution >= 4 is 17.8 Å². The highest BCUT2D eigenvalue weighted by Gasteiger charge is 2.28. The van der Waals surface area contributed by atoms with Crippen molar-refractivity contribution in [3.63, 3.8) is 0 Å². The molecule has 2 atom stereocenters. The van der Waals surface area contributed by atoms with E-state index >= 15 is 0 Å². The van der Waals surface area contributed by atoms with Crippen molar-refractivity contribution < 1.29 is 19.5 Å². The number of carbonyl (C=O) groups excluding carboxylic acids is 2. The molecule has 0 bridgehead atoms. The second-order valence-electron chi connectivity index (χ2n) is 6.57. The molecule has 0 fully saturated rings. The van der Waals surface area contributed by atoms with Crippen molar-refractivity contribution in [2.75, 3.05) is 6.54 Å². The van der Waals surface area contributed by atoms with Gasteiger partial charge in [0.15, 0.2) is 0 Å². The first-order chi connectivity index (χ1) is 9.45. The highest BCUT2D eigenvalue weighted by atomic mass is 16.4. The maximum atomic E-state index is 11.8. The smallest absolute Gasteiger partial charge is 0.305 e. The van der Waals surface area contributed by atoms with Gasteiger partial charge in [0, 0.05) is 6.04 Å². The lowest BCUT2D eigenvalue weighted by Gasteiger charge is -2.30. The van der Waals surface area contributed by atoms with E-state index in [0.29, 0.717) is 0 Å². The molecule has 0 aromatic carbocycles. The van der Waals surface area contributed by atoms with Crippen LogP contribution < -0.4 is 16.4 Å². The van der Waals surface area contributed by atoms with Crippen molar-refractivity contribution in [3.05, 3.63) is 0 Å². The summed E-state index contributed by atoms with van der Waals surface area (Å²) in [5.41, 5.74) is 5.26. The molecule has 0 aromatic heterocycles. The lowest BCUT2D eigenvalue weighted by atomic mass is 9.84. The third kappa shape index (κ3) is 7.65. The third-order valence-electron chi connectivity index (χ3n) is 3.20. The topological polar surface area (TPSA) is 122 Å². The van der Waals surface area contributed by atoms with Crippen LogP contribution in [0.25, 0.3) is 0 Å². The number of carboxylic acid groups (broad SMARTS) is 1. The Balaban J connectivity index is 4.46. The quantitative estimate of drug-likeness (QED) is 0.531. The zero-order chi connectivity index (χ0) is 16.8. The van der Waals surface area contributed by atoms with Crippen LogP contribution in [-0.4, -0.2) is 41.5 Å². The van der Waals surface area contributed by atoms with Gasteiger partial charge in [0.2, 0.25) is 11.8 Å². The Kier molecular flexibility index (Phi) is 7.35. The van der Waals surface area contributed by atoms with Crippen LogP contribution in [0, 0.1) is 11.3 Å². The molecule has 0 rings (SSSR count). The molecule has 1 unspecified atom stereocenters. The number of nitrogens with two attached hydrogens (primary N) is 1. The van der Waals surface area contributed by atoms with E-state index in [2.05, 4.69) is 10.6 Å². The largest absolute Gasteiger partial charge is 0.481 e. The Morgan fingerprint density at radius 1 is 1.19 bits per heavy atom. The Morgan fingerprint density at radius 3 is 2.10 bits per heavy atom. The number of carboxylic acids is 1. The van der Waals surface area contributed by atoms with E-state index in [4.69, 9.17) is 10.8 Å².